The van der Waals surface area contributed by atoms with Crippen LogP contribution in [0.1, 0.15) is 430 Å². The number of nitrogens with one attached hydrogen (secondary N) is 1. The molecular weight excluding hydrogens is 1440 g/mol. The van der Waals surface area contributed by atoms with Gasteiger partial charge in [-0.1, -0.05) is 363 Å². The van der Waals surface area contributed by atoms with Crippen LogP contribution in [0.2, 0.25) is 0 Å². The van der Waals surface area contributed by atoms with E-state index in [1.54, 1.807) is 41.5 Å². The van der Waals surface area contributed by atoms with Gasteiger partial charge >= 0.3 is 0 Å². The summed E-state index contributed by atoms with van der Waals surface area (Å²) in [4.78, 5) is 0. The number of rotatable bonds is 17. The van der Waals surface area contributed by atoms with Crippen LogP contribution < -0.4 is 4.72 Å². The van der Waals surface area contributed by atoms with Crippen molar-refractivity contribution in [3.8, 4) is 0 Å². The van der Waals surface area contributed by atoms with E-state index in [2.05, 4.69) is 215 Å². The summed E-state index contributed by atoms with van der Waals surface area (Å²) >= 11 is 6.19. The zero-order valence-electron chi connectivity index (χ0n) is 74.6. The monoisotopic (exact) mass is 1650 g/mol. The third kappa shape index (κ3) is 137. The smallest absolute Gasteiger partial charge is 0.216 e. The molecule has 0 spiro atoms. The van der Waals surface area contributed by atoms with Gasteiger partial charge in [-0.3, -0.25) is 0 Å². The molecule has 9 nitrogen and oxygen atoms in total. The van der Waals surface area contributed by atoms with Crippen molar-refractivity contribution in [3.05, 3.63) is 0 Å². The molecular formula is C89H211NO8S7. The van der Waals surface area contributed by atoms with Gasteiger partial charge in [0, 0.05) is 11.3 Å². The molecule has 0 amide bonds. The van der Waals surface area contributed by atoms with Crippen LogP contribution in [0.15, 0.2) is 0 Å². The number of hydrogen-bond donors (Lipinski definition) is 1. The first-order chi connectivity index (χ1) is 41.1. The summed E-state index contributed by atoms with van der Waals surface area (Å²) in [6, 6.07) is 0. The van der Waals surface area contributed by atoms with Crippen LogP contribution in [0.4, 0.5) is 0 Å². The molecule has 0 heterocycles. The van der Waals surface area contributed by atoms with Gasteiger partial charge in [0.1, 0.15) is 0 Å². The SMILES string of the molecule is C.C.C.C.C.C.C.C.CC(C)(C)CCCCC(C)(C)C.CC(C)(C)CCS(=O)(=O)CC(C)(C)C.CC(C)(C)CCSCC(C)(C)C.CC(C)(C)CNS(=O)(=O)C(C)(C)C.CC(C)(C)CS(=O)(=O)C(C)(C)C.CC(C)(C)CS(=O)(=O)CC(C)(C)C.CC(C)(C)CSC(C)(C)C.CC(C)(C)CSCC(C)(C)C. The first-order valence-electron chi connectivity index (χ1n) is 36.5. The Morgan fingerprint density at radius 2 is 0.495 bits per heavy atom. The maximum Gasteiger partial charge on any atom is 0.216 e. The van der Waals surface area contributed by atoms with E-state index in [9.17, 15) is 33.7 Å². The van der Waals surface area contributed by atoms with Crippen molar-refractivity contribution >= 4 is 74.8 Å². The second-order valence-electron chi connectivity index (χ2n) is 46.4. The summed E-state index contributed by atoms with van der Waals surface area (Å²) in [6.07, 6.45) is 7.58. The molecule has 0 bridgehead atoms. The lowest BCUT2D eigenvalue weighted by Gasteiger charge is -2.25. The van der Waals surface area contributed by atoms with Gasteiger partial charge in [-0.2, -0.15) is 35.3 Å². The number of unbranched alkanes of at least 4 members (excludes halogenated alkanes) is 1. The lowest BCUT2D eigenvalue weighted by Crippen LogP contribution is -2.42. The summed E-state index contributed by atoms with van der Waals surface area (Å²) in [7, 11) is -11.9. The van der Waals surface area contributed by atoms with E-state index in [0.29, 0.717) is 54.9 Å². The molecule has 0 radical (unpaired) electrons. The fourth-order valence-electron chi connectivity index (χ4n) is 7.04. The molecule has 662 valence electrons. The molecule has 0 aliphatic rings. The summed E-state index contributed by atoms with van der Waals surface area (Å²) in [5.74, 6) is 7.77. The van der Waals surface area contributed by atoms with E-state index in [1.807, 2.05) is 116 Å². The highest BCUT2D eigenvalue weighted by Crippen LogP contribution is 2.32. The molecule has 0 saturated heterocycles. The van der Waals surface area contributed by atoms with Gasteiger partial charge < -0.3 is 0 Å². The first kappa shape index (κ1) is 144. The van der Waals surface area contributed by atoms with Crippen LogP contribution in [0.3, 0.4) is 0 Å². The Morgan fingerprint density at radius 1 is 0.248 bits per heavy atom. The van der Waals surface area contributed by atoms with Gasteiger partial charge in [-0.15, -0.1) is 0 Å². The van der Waals surface area contributed by atoms with Crippen molar-refractivity contribution < 1.29 is 33.7 Å². The fourth-order valence-corrected chi connectivity index (χ4v) is 18.5. The molecule has 0 aromatic carbocycles. The van der Waals surface area contributed by atoms with Crippen molar-refractivity contribution in [2.75, 3.05) is 64.1 Å². The molecule has 0 aliphatic carbocycles. The van der Waals surface area contributed by atoms with Crippen LogP contribution in [0, 0.1) is 70.4 Å². The minimum Gasteiger partial charge on any atom is -0.229 e. The normalized spacial score (nSPS) is 13.1. The number of sulfone groups is 3. The van der Waals surface area contributed by atoms with Gasteiger partial charge in [0.15, 0.2) is 29.5 Å². The number of thioether (sulfide) groups is 3. The Morgan fingerprint density at radius 3 is 0.676 bits per heavy atom. The second-order valence-corrected chi connectivity index (χ2v) is 59.8. The zero-order chi connectivity index (χ0) is 80.8. The third-order valence-corrected chi connectivity index (χ3v) is 27.5. The van der Waals surface area contributed by atoms with Gasteiger partial charge in [0.25, 0.3) is 0 Å². The molecule has 1 N–H and O–H groups in total. The minimum atomic E-state index is -3.18. The molecule has 0 aromatic rings. The molecule has 0 aliphatic heterocycles. The predicted molar refractivity (Wildman–Crippen MR) is 509 cm³/mol. The molecule has 0 saturated carbocycles. The second kappa shape index (κ2) is 56.2. The summed E-state index contributed by atoms with van der Waals surface area (Å²) in [5.41, 5.74) is 3.02. The molecule has 0 rings (SSSR count). The standard InChI is InChI=1S/C12H26.C11H24O2S.C11H24S.C10H22O2S.C10H22S.C9H21NO2S.C9H20O2S.C9H20S.8CH4/c1-11(2,3)9-7-8-10-12(4,5)6;1-10(2,3)7-8-14(12,13)9-11(4,5)6;1-10(2,3)7-8-12-9-11(4,5)6;1-9(2,3)7-13(11,12)8-10(4,5)6;1-9(2,3)7-11-8-10(4,5)6;1-8(2,3)7-10-13(11,12)9(4,5)6;1-8(2,3)7-12(10,11)9(4,5)6;1-8(2,3)7-10-9(4,5)6;;;;;;;;/h7-10H2,1-6H3;7-9H2,1-6H3;7-9H2,1-6H3;7-8H2,1-6H3;7-8H2,1-6H3;10H,7H2,1-6H3;7H2,1-6H3;7H2,1-6H3;8*1H4. The van der Waals surface area contributed by atoms with Crippen LogP contribution in [-0.2, 0) is 39.5 Å². The Hall–Kier alpha value is 0.810. The molecule has 0 unspecified atom stereocenters. The average molecular weight is 1650 g/mol. The highest BCUT2D eigenvalue weighted by molar-refractivity contribution is 8.00. The fraction of sp³-hybridized carbons (Fsp3) is 1.00. The highest BCUT2D eigenvalue weighted by atomic mass is 32.2. The first-order valence-corrected chi connectivity index (χ1v) is 46.6. The molecule has 0 fully saturated rings. The minimum absolute atomic E-state index is 0. The van der Waals surface area contributed by atoms with E-state index in [-0.39, 0.29) is 115 Å². The van der Waals surface area contributed by atoms with Crippen LogP contribution in [0.25, 0.3) is 0 Å². The Bertz CT molecular complexity index is 2360. The zero-order valence-corrected chi connectivity index (χ0v) is 80.4. The van der Waals surface area contributed by atoms with E-state index in [4.69, 9.17) is 0 Å². The number of hydrogen-bond acceptors (Lipinski definition) is 11. The lowest BCUT2D eigenvalue weighted by atomic mass is 9.85. The Kier molecular flexibility index (Phi) is 77.1. The van der Waals surface area contributed by atoms with Crippen molar-refractivity contribution in [3.63, 3.8) is 0 Å². The third-order valence-electron chi connectivity index (χ3n) is 11.9. The van der Waals surface area contributed by atoms with Gasteiger partial charge in [0.05, 0.1) is 38.3 Å². The van der Waals surface area contributed by atoms with E-state index >= 15 is 0 Å². The van der Waals surface area contributed by atoms with E-state index < -0.39 is 49.0 Å². The molecule has 0 atom stereocenters. The van der Waals surface area contributed by atoms with Crippen molar-refractivity contribution in [1.82, 2.24) is 4.72 Å². The molecule has 0 aromatic heterocycles. The van der Waals surface area contributed by atoms with E-state index in [1.165, 1.54) is 60.9 Å². The number of sulfonamides is 1. The summed E-state index contributed by atoms with van der Waals surface area (Å²) in [5, 5.41) is 0. The highest BCUT2D eigenvalue weighted by Gasteiger charge is 2.34. The van der Waals surface area contributed by atoms with Crippen molar-refractivity contribution in [2.45, 2.75) is 445 Å². The van der Waals surface area contributed by atoms with Crippen molar-refractivity contribution in [1.29, 1.82) is 0 Å². The topological polar surface area (TPSA) is 149 Å². The predicted octanol–water partition coefficient (Wildman–Crippen LogP) is 30.7. The largest absolute Gasteiger partial charge is 0.229 e. The quantitative estimate of drug-likeness (QED) is 0.139. The Balaban J connectivity index is -0.0000000610. The Labute approximate surface area is 686 Å². The average Bonchev–Trinajstić information content (AvgIpc) is 0.838. The van der Waals surface area contributed by atoms with E-state index in [0.717, 1.165) is 6.42 Å². The van der Waals surface area contributed by atoms with Crippen LogP contribution in [-0.4, -0.2) is 112 Å². The van der Waals surface area contributed by atoms with Crippen molar-refractivity contribution in [2.24, 2.45) is 70.4 Å². The maximum atomic E-state index is 11.7. The summed E-state index contributed by atoms with van der Waals surface area (Å²) in [6.45, 7) is 102. The maximum absolute atomic E-state index is 11.7. The van der Waals surface area contributed by atoms with Crippen LogP contribution >= 0.6 is 35.3 Å². The van der Waals surface area contributed by atoms with Crippen LogP contribution in [0.5, 0.6) is 0 Å². The summed E-state index contributed by atoms with van der Waals surface area (Å²) < 4.78 is 94.9. The molecule has 16 heteroatoms. The molecule has 105 heavy (non-hydrogen) atoms. The van der Waals surface area contributed by atoms with Gasteiger partial charge in [-0.05, 0) is 166 Å². The van der Waals surface area contributed by atoms with Gasteiger partial charge in [0.2, 0.25) is 10.0 Å². The van der Waals surface area contributed by atoms with Gasteiger partial charge in [-0.25, -0.2) is 38.4 Å². The lowest BCUT2D eigenvalue weighted by molar-refractivity contribution is 0.318.